The SMILES string of the molecule is Cc1c[nH]c(=O)c(N2CC(CS)CC2=O)c1. The van der Waals surface area contributed by atoms with E-state index >= 15 is 0 Å². The van der Waals surface area contributed by atoms with E-state index in [0.29, 0.717) is 24.4 Å². The monoisotopic (exact) mass is 238 g/mol. The van der Waals surface area contributed by atoms with E-state index in [1.54, 1.807) is 17.2 Å². The summed E-state index contributed by atoms with van der Waals surface area (Å²) in [4.78, 5) is 27.6. The van der Waals surface area contributed by atoms with Gasteiger partial charge >= 0.3 is 0 Å². The molecular weight excluding hydrogens is 224 g/mol. The summed E-state index contributed by atoms with van der Waals surface area (Å²) in [6, 6.07) is 1.75. The summed E-state index contributed by atoms with van der Waals surface area (Å²) in [5.74, 6) is 0.928. The van der Waals surface area contributed by atoms with Crippen molar-refractivity contribution in [3.05, 3.63) is 28.2 Å². The van der Waals surface area contributed by atoms with Crippen LogP contribution in [0.15, 0.2) is 17.1 Å². The van der Waals surface area contributed by atoms with E-state index in [0.717, 1.165) is 5.56 Å². The first kappa shape index (κ1) is 11.3. The van der Waals surface area contributed by atoms with Crippen LogP contribution >= 0.6 is 12.6 Å². The third-order valence-electron chi connectivity index (χ3n) is 2.78. The molecular formula is C11H14N2O2S. The molecule has 0 bridgehead atoms. The van der Waals surface area contributed by atoms with Crippen molar-refractivity contribution in [2.45, 2.75) is 13.3 Å². The van der Waals surface area contributed by atoms with Gasteiger partial charge in [0.25, 0.3) is 5.56 Å². The lowest BCUT2D eigenvalue weighted by atomic mass is 10.1. The zero-order chi connectivity index (χ0) is 11.7. The number of pyridine rings is 1. The predicted octanol–water partition coefficient (Wildman–Crippen LogP) is 0.966. The van der Waals surface area contributed by atoms with Crippen LogP contribution in [0.25, 0.3) is 0 Å². The predicted molar refractivity (Wildman–Crippen MR) is 66.1 cm³/mol. The number of nitrogens with zero attached hydrogens (tertiary/aromatic N) is 1. The Hall–Kier alpha value is -1.23. The van der Waals surface area contributed by atoms with E-state index in [4.69, 9.17) is 0 Å². The number of carbonyl (C=O) groups excluding carboxylic acids is 1. The summed E-state index contributed by atoms with van der Waals surface area (Å²) >= 11 is 4.19. The van der Waals surface area contributed by atoms with Crippen LogP contribution in [0, 0.1) is 12.8 Å². The molecule has 1 N–H and O–H groups in total. The molecule has 1 aromatic rings. The fraction of sp³-hybridized carbons (Fsp3) is 0.455. The number of rotatable bonds is 2. The number of amides is 1. The topological polar surface area (TPSA) is 53.2 Å². The number of aromatic amines is 1. The lowest BCUT2D eigenvalue weighted by molar-refractivity contribution is -0.117. The summed E-state index contributed by atoms with van der Waals surface area (Å²) in [7, 11) is 0. The highest BCUT2D eigenvalue weighted by molar-refractivity contribution is 7.80. The number of nitrogens with one attached hydrogen (secondary N) is 1. The normalized spacial score (nSPS) is 20.5. The highest BCUT2D eigenvalue weighted by Gasteiger charge is 2.30. The third-order valence-corrected chi connectivity index (χ3v) is 3.30. The van der Waals surface area contributed by atoms with Crippen molar-refractivity contribution in [1.82, 2.24) is 4.98 Å². The number of hydrogen-bond acceptors (Lipinski definition) is 3. The molecule has 1 fully saturated rings. The van der Waals surface area contributed by atoms with E-state index in [1.807, 2.05) is 6.92 Å². The Bertz CT molecular complexity index is 469. The van der Waals surface area contributed by atoms with E-state index in [9.17, 15) is 9.59 Å². The van der Waals surface area contributed by atoms with Crippen molar-refractivity contribution in [2.24, 2.45) is 5.92 Å². The Morgan fingerprint density at radius 1 is 1.56 bits per heavy atom. The van der Waals surface area contributed by atoms with Gasteiger partial charge in [-0.15, -0.1) is 0 Å². The van der Waals surface area contributed by atoms with Crippen LogP contribution in [-0.2, 0) is 4.79 Å². The molecule has 0 spiro atoms. The number of hydrogen-bond donors (Lipinski definition) is 2. The van der Waals surface area contributed by atoms with Crippen LogP contribution in [0.4, 0.5) is 5.69 Å². The molecule has 0 aromatic carbocycles. The Morgan fingerprint density at radius 3 is 2.94 bits per heavy atom. The lowest BCUT2D eigenvalue weighted by Crippen LogP contribution is -2.30. The van der Waals surface area contributed by atoms with Gasteiger partial charge in [0.05, 0.1) is 0 Å². The first-order chi connectivity index (χ1) is 7.61. The molecule has 1 atom stereocenters. The summed E-state index contributed by atoms with van der Waals surface area (Å²) in [5.41, 5.74) is 1.18. The number of H-pyrrole nitrogens is 1. The maximum Gasteiger partial charge on any atom is 0.271 e. The van der Waals surface area contributed by atoms with Gasteiger partial charge in [0.1, 0.15) is 5.69 Å². The molecule has 0 saturated carbocycles. The van der Waals surface area contributed by atoms with Crippen LogP contribution in [-0.4, -0.2) is 23.2 Å². The van der Waals surface area contributed by atoms with Crippen LogP contribution in [0.1, 0.15) is 12.0 Å². The number of carbonyl (C=O) groups is 1. The van der Waals surface area contributed by atoms with Crippen molar-refractivity contribution < 1.29 is 4.79 Å². The zero-order valence-electron chi connectivity index (χ0n) is 9.06. The van der Waals surface area contributed by atoms with Crippen molar-refractivity contribution in [1.29, 1.82) is 0 Å². The lowest BCUT2D eigenvalue weighted by Gasteiger charge is -2.15. The second-order valence-corrected chi connectivity index (χ2v) is 4.51. The number of aromatic nitrogens is 1. The first-order valence-electron chi connectivity index (χ1n) is 5.22. The molecule has 1 aliphatic rings. The van der Waals surface area contributed by atoms with Crippen LogP contribution in [0.2, 0.25) is 0 Å². The summed E-state index contributed by atoms with van der Waals surface area (Å²) in [6.45, 7) is 2.48. The molecule has 2 rings (SSSR count). The van der Waals surface area contributed by atoms with Crippen molar-refractivity contribution >= 4 is 24.2 Å². The van der Waals surface area contributed by atoms with Gasteiger partial charge in [-0.1, -0.05) is 0 Å². The molecule has 4 nitrogen and oxygen atoms in total. The average molecular weight is 238 g/mol. The molecule has 16 heavy (non-hydrogen) atoms. The van der Waals surface area contributed by atoms with Gasteiger partial charge in [-0.05, 0) is 30.2 Å². The summed E-state index contributed by atoms with van der Waals surface area (Å²) < 4.78 is 0. The number of aryl methyl sites for hydroxylation is 1. The molecule has 1 aromatic heterocycles. The molecule has 0 aliphatic carbocycles. The van der Waals surface area contributed by atoms with Gasteiger partial charge in [-0.25, -0.2) is 0 Å². The minimum atomic E-state index is -0.209. The van der Waals surface area contributed by atoms with E-state index in [2.05, 4.69) is 17.6 Å². The average Bonchev–Trinajstić information content (AvgIpc) is 2.63. The second kappa shape index (κ2) is 4.33. The molecule has 86 valence electrons. The van der Waals surface area contributed by atoms with Crippen LogP contribution in [0.5, 0.6) is 0 Å². The van der Waals surface area contributed by atoms with Crippen LogP contribution < -0.4 is 10.5 Å². The number of anilines is 1. The highest BCUT2D eigenvalue weighted by Crippen LogP contribution is 2.23. The minimum Gasteiger partial charge on any atom is -0.327 e. The van der Waals surface area contributed by atoms with Crippen molar-refractivity contribution in [2.75, 3.05) is 17.2 Å². The van der Waals surface area contributed by atoms with Gasteiger partial charge in [0.2, 0.25) is 5.91 Å². The van der Waals surface area contributed by atoms with Gasteiger partial charge in [0.15, 0.2) is 0 Å². The molecule has 5 heteroatoms. The summed E-state index contributed by atoms with van der Waals surface area (Å²) in [6.07, 6.45) is 2.12. The van der Waals surface area contributed by atoms with Crippen molar-refractivity contribution in [3.63, 3.8) is 0 Å². The molecule has 1 amide bonds. The smallest absolute Gasteiger partial charge is 0.271 e. The van der Waals surface area contributed by atoms with E-state index in [-0.39, 0.29) is 17.4 Å². The minimum absolute atomic E-state index is 0.00940. The maximum atomic E-state index is 11.7. The van der Waals surface area contributed by atoms with Gasteiger partial charge in [0, 0.05) is 19.2 Å². The number of thiol groups is 1. The van der Waals surface area contributed by atoms with Crippen LogP contribution in [0.3, 0.4) is 0 Å². The van der Waals surface area contributed by atoms with E-state index < -0.39 is 0 Å². The largest absolute Gasteiger partial charge is 0.327 e. The second-order valence-electron chi connectivity index (χ2n) is 4.15. The molecule has 1 unspecified atom stereocenters. The highest BCUT2D eigenvalue weighted by atomic mass is 32.1. The zero-order valence-corrected chi connectivity index (χ0v) is 9.96. The summed E-state index contributed by atoms with van der Waals surface area (Å²) in [5, 5.41) is 0. The Morgan fingerprint density at radius 2 is 2.31 bits per heavy atom. The van der Waals surface area contributed by atoms with Gasteiger partial charge < -0.3 is 9.88 Å². The molecule has 2 heterocycles. The fourth-order valence-electron chi connectivity index (χ4n) is 1.91. The molecule has 1 aliphatic heterocycles. The Balaban J connectivity index is 2.34. The van der Waals surface area contributed by atoms with E-state index in [1.165, 1.54) is 0 Å². The fourth-order valence-corrected chi connectivity index (χ4v) is 2.16. The van der Waals surface area contributed by atoms with Crippen molar-refractivity contribution in [3.8, 4) is 0 Å². The van der Waals surface area contributed by atoms with Gasteiger partial charge in [-0.2, -0.15) is 12.6 Å². The molecule has 0 radical (unpaired) electrons. The maximum absolute atomic E-state index is 11.7. The molecule has 1 saturated heterocycles. The third kappa shape index (κ3) is 2.00. The Kier molecular flexibility index (Phi) is 3.05. The van der Waals surface area contributed by atoms with Gasteiger partial charge in [-0.3, -0.25) is 9.59 Å². The Labute approximate surface area is 99.1 Å². The quantitative estimate of drug-likeness (QED) is 0.754. The first-order valence-corrected chi connectivity index (χ1v) is 5.85. The standard InChI is InChI=1S/C11H14N2O2S/c1-7-2-9(11(15)12-4-7)13-5-8(6-16)3-10(13)14/h2,4,8,16H,3,5-6H2,1H3,(H,12,15).